The number of hydrogen-bond donors (Lipinski definition) is 0. The van der Waals surface area contributed by atoms with Crippen molar-refractivity contribution in [1.29, 1.82) is 0 Å². The van der Waals surface area contributed by atoms with E-state index >= 15 is 0 Å². The molecule has 1 aromatic heterocycles. The highest BCUT2D eigenvalue weighted by molar-refractivity contribution is 6.20. The number of furan rings is 1. The molecule has 10 aromatic carbocycles. The highest BCUT2D eigenvalue weighted by Crippen LogP contribution is 2.41. The molecule has 0 aliphatic heterocycles. The first-order chi connectivity index (χ1) is 27.7. The minimum atomic E-state index is 0.884. The van der Waals surface area contributed by atoms with Gasteiger partial charge in [-0.3, -0.25) is 0 Å². The second kappa shape index (κ2) is 13.2. The van der Waals surface area contributed by atoms with Crippen LogP contribution < -0.4 is 4.90 Å². The van der Waals surface area contributed by atoms with Gasteiger partial charge < -0.3 is 9.32 Å². The fourth-order valence-electron chi connectivity index (χ4n) is 8.51. The van der Waals surface area contributed by atoms with E-state index in [0.29, 0.717) is 0 Å². The van der Waals surface area contributed by atoms with E-state index in [-0.39, 0.29) is 0 Å². The topological polar surface area (TPSA) is 16.4 Å². The van der Waals surface area contributed by atoms with E-state index in [1.165, 1.54) is 65.7 Å². The summed E-state index contributed by atoms with van der Waals surface area (Å²) < 4.78 is 6.23. The Balaban J connectivity index is 1.00. The molecular formula is C54H35NO. The van der Waals surface area contributed by atoms with E-state index in [4.69, 9.17) is 4.42 Å². The van der Waals surface area contributed by atoms with Crippen LogP contribution in [0.1, 0.15) is 0 Å². The summed E-state index contributed by atoms with van der Waals surface area (Å²) in [6.07, 6.45) is 0. The van der Waals surface area contributed by atoms with Crippen molar-refractivity contribution in [1.82, 2.24) is 0 Å². The van der Waals surface area contributed by atoms with Gasteiger partial charge in [0.15, 0.2) is 0 Å². The summed E-state index contributed by atoms with van der Waals surface area (Å²) >= 11 is 0. The molecule has 262 valence electrons. The van der Waals surface area contributed by atoms with Gasteiger partial charge in [-0.1, -0.05) is 158 Å². The van der Waals surface area contributed by atoms with Crippen LogP contribution >= 0.6 is 0 Å². The van der Waals surface area contributed by atoms with Gasteiger partial charge in [0.25, 0.3) is 0 Å². The fourth-order valence-corrected chi connectivity index (χ4v) is 8.51. The SMILES string of the molecule is c1ccc(-c2ccccc2-c2ccc(N(c3ccc(-c4ccc5c(ccc6ccc7ccccc7c65)c4)cc3)c3ccc4oc5ccccc5c4c3)cc2)cc1. The monoisotopic (exact) mass is 713 g/mol. The number of hydrogen-bond acceptors (Lipinski definition) is 2. The lowest BCUT2D eigenvalue weighted by Crippen LogP contribution is -2.09. The van der Waals surface area contributed by atoms with Crippen LogP contribution in [-0.2, 0) is 0 Å². The molecule has 0 aliphatic rings. The number of benzene rings is 10. The summed E-state index contributed by atoms with van der Waals surface area (Å²) in [5.41, 5.74) is 12.2. The van der Waals surface area contributed by atoms with Crippen molar-refractivity contribution in [3.8, 4) is 33.4 Å². The van der Waals surface area contributed by atoms with Gasteiger partial charge in [-0.15, -0.1) is 0 Å². The molecule has 0 aliphatic carbocycles. The molecule has 56 heavy (non-hydrogen) atoms. The Labute approximate surface area is 325 Å². The third-order valence-corrected chi connectivity index (χ3v) is 11.3. The maximum Gasteiger partial charge on any atom is 0.135 e. The molecule has 0 bridgehead atoms. The average Bonchev–Trinajstić information content (AvgIpc) is 3.65. The molecule has 0 radical (unpaired) electrons. The lowest BCUT2D eigenvalue weighted by atomic mass is 9.94. The molecule has 0 saturated carbocycles. The number of para-hydroxylation sites is 1. The van der Waals surface area contributed by atoms with Crippen LogP contribution in [-0.4, -0.2) is 0 Å². The Morgan fingerprint density at radius 1 is 0.286 bits per heavy atom. The molecule has 0 unspecified atom stereocenters. The summed E-state index contributed by atoms with van der Waals surface area (Å²) in [4.78, 5) is 2.34. The maximum atomic E-state index is 6.23. The van der Waals surface area contributed by atoms with Crippen molar-refractivity contribution < 1.29 is 4.42 Å². The molecule has 0 atom stereocenters. The van der Waals surface area contributed by atoms with E-state index in [2.05, 4.69) is 205 Å². The van der Waals surface area contributed by atoms with Crippen molar-refractivity contribution >= 4 is 71.3 Å². The lowest BCUT2D eigenvalue weighted by Gasteiger charge is -2.26. The van der Waals surface area contributed by atoms with Crippen LogP contribution in [0.3, 0.4) is 0 Å². The van der Waals surface area contributed by atoms with Gasteiger partial charge >= 0.3 is 0 Å². The summed E-state index contributed by atoms with van der Waals surface area (Å²) in [5.74, 6) is 0. The van der Waals surface area contributed by atoms with Gasteiger partial charge in [0.2, 0.25) is 0 Å². The number of rotatable bonds is 6. The van der Waals surface area contributed by atoms with Gasteiger partial charge in [0.1, 0.15) is 11.2 Å². The molecule has 1 heterocycles. The molecule has 0 fully saturated rings. The predicted octanol–water partition coefficient (Wildman–Crippen LogP) is 15.5. The van der Waals surface area contributed by atoms with E-state index in [1.807, 2.05) is 12.1 Å². The number of fused-ring (bicyclic) bond motifs is 8. The predicted molar refractivity (Wildman–Crippen MR) is 237 cm³/mol. The van der Waals surface area contributed by atoms with Gasteiger partial charge in [-0.25, -0.2) is 0 Å². The van der Waals surface area contributed by atoms with Gasteiger partial charge in [-0.05, 0) is 120 Å². The molecule has 0 spiro atoms. The first-order valence-electron chi connectivity index (χ1n) is 19.2. The number of nitrogens with zero attached hydrogens (tertiary/aromatic N) is 1. The minimum absolute atomic E-state index is 0.884. The highest BCUT2D eigenvalue weighted by Gasteiger charge is 2.17. The second-order valence-corrected chi connectivity index (χ2v) is 14.5. The van der Waals surface area contributed by atoms with Crippen LogP contribution in [0.25, 0.3) is 87.6 Å². The highest BCUT2D eigenvalue weighted by atomic mass is 16.3. The minimum Gasteiger partial charge on any atom is -0.456 e. The molecule has 0 amide bonds. The van der Waals surface area contributed by atoms with E-state index in [1.54, 1.807) is 0 Å². The van der Waals surface area contributed by atoms with E-state index in [0.717, 1.165) is 39.0 Å². The van der Waals surface area contributed by atoms with Crippen molar-refractivity contribution in [3.05, 3.63) is 212 Å². The fraction of sp³-hybridized carbons (Fsp3) is 0. The summed E-state index contributed by atoms with van der Waals surface area (Å²) in [7, 11) is 0. The third-order valence-electron chi connectivity index (χ3n) is 11.3. The Bertz CT molecular complexity index is 3230. The molecule has 2 heteroatoms. The van der Waals surface area contributed by atoms with Crippen LogP contribution in [0.15, 0.2) is 217 Å². The van der Waals surface area contributed by atoms with Crippen LogP contribution in [0.2, 0.25) is 0 Å². The van der Waals surface area contributed by atoms with Crippen molar-refractivity contribution in [2.45, 2.75) is 0 Å². The van der Waals surface area contributed by atoms with E-state index < -0.39 is 0 Å². The summed E-state index contributed by atoms with van der Waals surface area (Å²) in [6, 6.07) is 76.5. The van der Waals surface area contributed by atoms with E-state index in [9.17, 15) is 0 Å². The molecule has 11 aromatic rings. The Morgan fingerprint density at radius 2 is 0.821 bits per heavy atom. The first kappa shape index (κ1) is 32.0. The summed E-state index contributed by atoms with van der Waals surface area (Å²) in [5, 5.41) is 9.88. The standard InChI is InChI=1S/C54H35NO/c1-2-10-37(11-3-1)46-13-6-7-14-47(46)39-24-29-44(30-25-39)55(45-31-33-53-51(35-45)50-16-8-9-17-52(50)56-53)43-27-22-36(23-28-43)41-26-32-49-42(34-41)21-20-40-19-18-38-12-4-5-15-48(38)54(40)49/h1-35H. The van der Waals surface area contributed by atoms with Crippen LogP contribution in [0.5, 0.6) is 0 Å². The van der Waals surface area contributed by atoms with Crippen molar-refractivity contribution in [2.24, 2.45) is 0 Å². The van der Waals surface area contributed by atoms with Gasteiger partial charge in [0.05, 0.1) is 0 Å². The lowest BCUT2D eigenvalue weighted by molar-refractivity contribution is 0.669. The largest absolute Gasteiger partial charge is 0.456 e. The quantitative estimate of drug-likeness (QED) is 0.160. The zero-order chi connectivity index (χ0) is 37.0. The van der Waals surface area contributed by atoms with Crippen LogP contribution in [0.4, 0.5) is 17.1 Å². The normalized spacial score (nSPS) is 11.6. The maximum absolute atomic E-state index is 6.23. The first-order valence-corrected chi connectivity index (χ1v) is 19.2. The molecule has 0 saturated heterocycles. The second-order valence-electron chi connectivity index (χ2n) is 14.5. The van der Waals surface area contributed by atoms with Gasteiger partial charge in [0, 0.05) is 27.8 Å². The molecule has 2 nitrogen and oxygen atoms in total. The van der Waals surface area contributed by atoms with Gasteiger partial charge in [-0.2, -0.15) is 0 Å². The molecule has 0 N–H and O–H groups in total. The molecule has 11 rings (SSSR count). The Morgan fingerprint density at radius 3 is 1.59 bits per heavy atom. The van der Waals surface area contributed by atoms with Crippen LogP contribution in [0, 0.1) is 0 Å². The smallest absolute Gasteiger partial charge is 0.135 e. The average molecular weight is 714 g/mol. The third kappa shape index (κ3) is 5.42. The Kier molecular flexibility index (Phi) is 7.53. The van der Waals surface area contributed by atoms with Crippen molar-refractivity contribution in [3.63, 3.8) is 0 Å². The number of anilines is 3. The molecular weight excluding hydrogens is 679 g/mol. The zero-order valence-electron chi connectivity index (χ0n) is 30.6. The summed E-state index contributed by atoms with van der Waals surface area (Å²) in [6.45, 7) is 0. The zero-order valence-corrected chi connectivity index (χ0v) is 30.6. The van der Waals surface area contributed by atoms with Crippen molar-refractivity contribution in [2.75, 3.05) is 4.90 Å². The Hall–Kier alpha value is -7.42.